The Balaban J connectivity index is 3.46. The minimum atomic E-state index is -4.53. The van der Waals surface area contributed by atoms with Gasteiger partial charge in [-0.25, -0.2) is 0 Å². The number of carbonyl (C=O) groups is 1. The second kappa shape index (κ2) is 8.38. The van der Waals surface area contributed by atoms with Crippen molar-refractivity contribution in [2.75, 3.05) is 7.11 Å². The largest absolute Gasteiger partial charge is 0.469 e. The summed E-state index contributed by atoms with van der Waals surface area (Å²) in [6.07, 6.45) is -4.97. The molecule has 0 aliphatic heterocycles. The summed E-state index contributed by atoms with van der Waals surface area (Å²) < 4.78 is 44.3. The van der Waals surface area contributed by atoms with E-state index in [1.165, 1.54) is 6.07 Å². The van der Waals surface area contributed by atoms with Crippen LogP contribution >= 0.6 is 0 Å². The monoisotopic (exact) mass is 356 g/mol. The Morgan fingerprint density at radius 1 is 1.17 bits per heavy atom. The van der Waals surface area contributed by atoms with E-state index < -0.39 is 32.2 Å². The molecule has 1 aromatic rings. The number of carbonyl (C=O) groups excluding carboxylic acids is 1. The molecule has 2 nitrogen and oxygen atoms in total. The zero-order chi connectivity index (χ0) is 18.4. The van der Waals surface area contributed by atoms with Gasteiger partial charge in [0.15, 0.2) is 0 Å². The first-order valence-corrected chi connectivity index (χ1v) is 10.6. The normalized spacial score (nSPS) is 11.6. The number of ether oxygens (including phenoxy) is 1. The molecule has 0 fully saturated rings. The molecule has 0 aliphatic carbocycles. The SMILES string of the molecule is CC[Si](C#Cc1cccc(C(F)(F)F)c1CC(=O)OC)(CC)CC. The molecule has 0 saturated carbocycles. The molecule has 0 amide bonds. The van der Waals surface area contributed by atoms with Gasteiger partial charge in [-0.2, -0.15) is 13.2 Å². The van der Waals surface area contributed by atoms with E-state index in [0.717, 1.165) is 31.3 Å². The van der Waals surface area contributed by atoms with Gasteiger partial charge in [-0.05, 0) is 35.8 Å². The van der Waals surface area contributed by atoms with Crippen molar-refractivity contribution in [2.24, 2.45) is 0 Å². The lowest BCUT2D eigenvalue weighted by Crippen LogP contribution is -2.29. The first-order chi connectivity index (χ1) is 11.2. The molecule has 0 unspecified atom stereocenters. The van der Waals surface area contributed by atoms with Crippen LogP contribution < -0.4 is 0 Å². The number of hydrogen-bond donors (Lipinski definition) is 0. The van der Waals surface area contributed by atoms with Gasteiger partial charge in [0.25, 0.3) is 0 Å². The zero-order valence-corrected chi connectivity index (χ0v) is 15.5. The molecule has 0 saturated heterocycles. The molecule has 1 aromatic carbocycles. The molecule has 0 aromatic heterocycles. The van der Waals surface area contributed by atoms with Crippen LogP contribution in [-0.2, 0) is 22.1 Å². The van der Waals surface area contributed by atoms with Gasteiger partial charge < -0.3 is 4.74 Å². The maximum absolute atomic E-state index is 13.3. The molecule has 24 heavy (non-hydrogen) atoms. The van der Waals surface area contributed by atoms with Crippen LogP contribution in [0.2, 0.25) is 18.1 Å². The smallest absolute Gasteiger partial charge is 0.416 e. The van der Waals surface area contributed by atoms with Crippen molar-refractivity contribution in [3.05, 3.63) is 34.9 Å². The number of esters is 1. The molecule has 0 atom stereocenters. The highest BCUT2D eigenvalue weighted by Gasteiger charge is 2.34. The van der Waals surface area contributed by atoms with Crippen molar-refractivity contribution in [1.29, 1.82) is 0 Å². The lowest BCUT2D eigenvalue weighted by molar-refractivity contribution is -0.141. The summed E-state index contributed by atoms with van der Waals surface area (Å²) in [5, 5.41) is 0. The Bertz CT molecular complexity index is 630. The first kappa shape index (κ1) is 20.3. The Hall–Kier alpha value is -1.74. The first-order valence-electron chi connectivity index (χ1n) is 8.02. The second-order valence-electron chi connectivity index (χ2n) is 5.67. The Morgan fingerprint density at radius 2 is 1.75 bits per heavy atom. The van der Waals surface area contributed by atoms with Crippen LogP contribution in [-0.4, -0.2) is 21.2 Å². The molecule has 0 spiro atoms. The third kappa shape index (κ3) is 4.87. The molecule has 0 aliphatic rings. The van der Waals surface area contributed by atoms with E-state index in [2.05, 4.69) is 37.0 Å². The number of halogens is 3. The fourth-order valence-corrected chi connectivity index (χ4v) is 5.02. The molecule has 1 rings (SSSR count). The summed E-state index contributed by atoms with van der Waals surface area (Å²) in [4.78, 5) is 11.6. The van der Waals surface area contributed by atoms with Crippen molar-refractivity contribution in [1.82, 2.24) is 0 Å². The number of methoxy groups -OCH3 is 1. The van der Waals surface area contributed by atoms with E-state index in [1.807, 2.05) is 0 Å². The predicted octanol–water partition coefficient (Wildman–Crippen LogP) is 4.82. The van der Waals surface area contributed by atoms with Gasteiger partial charge in [-0.3, -0.25) is 4.79 Å². The highest BCUT2D eigenvalue weighted by molar-refractivity contribution is 6.87. The van der Waals surface area contributed by atoms with E-state index in [4.69, 9.17) is 0 Å². The maximum atomic E-state index is 13.3. The summed E-state index contributed by atoms with van der Waals surface area (Å²) in [6.45, 7) is 6.24. The summed E-state index contributed by atoms with van der Waals surface area (Å²) >= 11 is 0. The third-order valence-corrected chi connectivity index (χ3v) is 9.24. The molecule has 132 valence electrons. The topological polar surface area (TPSA) is 26.3 Å². The van der Waals surface area contributed by atoms with E-state index in [1.54, 1.807) is 6.07 Å². The van der Waals surface area contributed by atoms with Crippen molar-refractivity contribution in [3.63, 3.8) is 0 Å². The van der Waals surface area contributed by atoms with Gasteiger partial charge in [-0.15, -0.1) is 5.54 Å². The van der Waals surface area contributed by atoms with Crippen LogP contribution in [0.1, 0.15) is 37.5 Å². The lowest BCUT2D eigenvalue weighted by atomic mass is 9.98. The van der Waals surface area contributed by atoms with Crippen LogP contribution in [0, 0.1) is 11.5 Å². The summed E-state index contributed by atoms with van der Waals surface area (Å²) in [7, 11) is -0.633. The molecule has 0 bridgehead atoms. The zero-order valence-electron chi connectivity index (χ0n) is 14.5. The Labute approximate surface area is 142 Å². The van der Waals surface area contributed by atoms with Gasteiger partial charge in [0, 0.05) is 5.56 Å². The van der Waals surface area contributed by atoms with E-state index >= 15 is 0 Å². The van der Waals surface area contributed by atoms with Crippen LogP contribution in [0.5, 0.6) is 0 Å². The van der Waals surface area contributed by atoms with Crippen LogP contribution in [0.4, 0.5) is 13.2 Å². The maximum Gasteiger partial charge on any atom is 0.416 e. The van der Waals surface area contributed by atoms with Crippen molar-refractivity contribution in [2.45, 2.75) is 51.5 Å². The van der Waals surface area contributed by atoms with Crippen LogP contribution in [0.15, 0.2) is 18.2 Å². The van der Waals surface area contributed by atoms with Gasteiger partial charge in [0.2, 0.25) is 0 Å². The highest BCUT2D eigenvalue weighted by Crippen LogP contribution is 2.33. The summed E-state index contributed by atoms with van der Waals surface area (Å²) in [5.74, 6) is 2.24. The molecule has 0 heterocycles. The van der Waals surface area contributed by atoms with Gasteiger partial charge in [0.1, 0.15) is 8.07 Å². The predicted molar refractivity (Wildman–Crippen MR) is 91.2 cm³/mol. The van der Waals surface area contributed by atoms with Crippen molar-refractivity contribution >= 4 is 14.0 Å². The molecule has 6 heteroatoms. The average molecular weight is 356 g/mol. The Kier molecular flexibility index (Phi) is 7.09. The van der Waals surface area contributed by atoms with Gasteiger partial charge in [-0.1, -0.05) is 32.8 Å². The minimum absolute atomic E-state index is 0.101. The molecule has 0 radical (unpaired) electrons. The third-order valence-electron chi connectivity index (χ3n) is 4.52. The van der Waals surface area contributed by atoms with E-state index in [0.29, 0.717) is 0 Å². The van der Waals surface area contributed by atoms with E-state index in [-0.39, 0.29) is 11.1 Å². The molecular formula is C18H23F3O2Si. The van der Waals surface area contributed by atoms with Crippen molar-refractivity contribution in [3.8, 4) is 11.5 Å². The van der Waals surface area contributed by atoms with Gasteiger partial charge in [0.05, 0.1) is 19.1 Å². The fraction of sp³-hybridized carbons (Fsp3) is 0.500. The number of benzene rings is 1. The van der Waals surface area contributed by atoms with Crippen LogP contribution in [0.25, 0.3) is 0 Å². The highest BCUT2D eigenvalue weighted by atomic mass is 28.3. The summed E-state index contributed by atoms with van der Waals surface area (Å²) in [6, 6.07) is 6.73. The summed E-state index contributed by atoms with van der Waals surface area (Å²) in [5.41, 5.74) is 2.62. The fourth-order valence-electron chi connectivity index (χ4n) is 2.59. The second-order valence-corrected chi connectivity index (χ2v) is 10.6. The Morgan fingerprint density at radius 3 is 2.21 bits per heavy atom. The standard InChI is InChI=1S/C18H23F3O2Si/c1-5-24(6-2,7-3)12-11-14-9-8-10-16(18(19,20)21)15(14)13-17(22)23-4/h8-10H,5-7,13H2,1-4H3. The lowest BCUT2D eigenvalue weighted by Gasteiger charge is -2.20. The van der Waals surface area contributed by atoms with Crippen LogP contribution in [0.3, 0.4) is 0 Å². The molecular weight excluding hydrogens is 333 g/mol. The average Bonchev–Trinajstić information content (AvgIpc) is 2.56. The quantitative estimate of drug-likeness (QED) is 0.429. The van der Waals surface area contributed by atoms with Crippen molar-refractivity contribution < 1.29 is 22.7 Å². The number of rotatable bonds is 5. The van der Waals surface area contributed by atoms with E-state index in [9.17, 15) is 18.0 Å². The minimum Gasteiger partial charge on any atom is -0.469 e. The van der Waals surface area contributed by atoms with Gasteiger partial charge >= 0.3 is 12.1 Å². The number of hydrogen-bond acceptors (Lipinski definition) is 2. The number of alkyl halides is 3. The molecule has 0 N–H and O–H groups in total.